The summed E-state index contributed by atoms with van der Waals surface area (Å²) < 4.78 is 2.15. The first kappa shape index (κ1) is 22.0. The van der Waals surface area contributed by atoms with E-state index in [1.54, 1.807) is 6.21 Å². The molecule has 0 bridgehead atoms. The van der Waals surface area contributed by atoms with Crippen LogP contribution >= 0.6 is 0 Å². The number of aromatic nitrogens is 1. The Morgan fingerprint density at radius 1 is 0.935 bits per heavy atom. The highest BCUT2D eigenvalue weighted by Gasteiger charge is 2.16. The molecule has 0 radical (unpaired) electrons. The van der Waals surface area contributed by atoms with Gasteiger partial charge < -0.3 is 9.88 Å². The van der Waals surface area contributed by atoms with Crippen LogP contribution in [0.4, 0.5) is 0 Å². The van der Waals surface area contributed by atoms with Crippen LogP contribution in [0, 0.1) is 27.7 Å². The first-order chi connectivity index (χ1) is 14.8. The van der Waals surface area contributed by atoms with E-state index in [1.807, 2.05) is 57.2 Å². The molecule has 3 rings (SSSR count). The molecule has 2 aromatic carbocycles. The van der Waals surface area contributed by atoms with Crippen LogP contribution in [0.25, 0.3) is 5.69 Å². The molecule has 6 nitrogen and oxygen atoms in total. The summed E-state index contributed by atoms with van der Waals surface area (Å²) in [5.41, 5.74) is 9.64. The fraction of sp³-hybridized carbons (Fsp3) is 0.240. The van der Waals surface area contributed by atoms with Crippen LogP contribution in [-0.4, -0.2) is 22.6 Å². The van der Waals surface area contributed by atoms with E-state index in [0.29, 0.717) is 0 Å². The van der Waals surface area contributed by atoms with Gasteiger partial charge >= 0.3 is 11.8 Å². The maximum absolute atomic E-state index is 12.1. The second-order valence-electron chi connectivity index (χ2n) is 7.81. The zero-order chi connectivity index (χ0) is 22.5. The van der Waals surface area contributed by atoms with Crippen molar-refractivity contribution < 1.29 is 9.59 Å². The largest absolute Gasteiger partial charge is 0.341 e. The third kappa shape index (κ3) is 5.28. The standard InChI is InChI=1S/C25H28N4O2/c1-16-11-17(2)13-23(12-16)29-18(3)14-22(20(29)5)15-26-28-25(31)24(30)27-19(4)21-9-7-6-8-10-21/h6-15,19H,1-5H3,(H,27,30)(H,28,31)/b26-15-/t19-/m0/s1. The molecular formula is C25H28N4O2. The van der Waals surface area contributed by atoms with Crippen molar-refractivity contribution in [2.24, 2.45) is 5.10 Å². The Labute approximate surface area is 183 Å². The molecule has 1 heterocycles. The zero-order valence-electron chi connectivity index (χ0n) is 18.6. The Bertz CT molecular complexity index is 1110. The summed E-state index contributed by atoms with van der Waals surface area (Å²) >= 11 is 0. The summed E-state index contributed by atoms with van der Waals surface area (Å²) in [6, 6.07) is 17.6. The Kier molecular flexibility index (Phi) is 6.70. The van der Waals surface area contributed by atoms with Crippen LogP contribution in [0.5, 0.6) is 0 Å². The molecule has 160 valence electrons. The normalized spacial score (nSPS) is 12.0. The van der Waals surface area contributed by atoms with Gasteiger partial charge in [-0.05, 0) is 69.5 Å². The molecule has 2 amide bonds. The number of hydrazone groups is 1. The summed E-state index contributed by atoms with van der Waals surface area (Å²) in [5.74, 6) is -1.53. The zero-order valence-corrected chi connectivity index (χ0v) is 18.6. The Hall–Kier alpha value is -3.67. The van der Waals surface area contributed by atoms with E-state index < -0.39 is 11.8 Å². The van der Waals surface area contributed by atoms with E-state index in [1.165, 1.54) is 11.1 Å². The van der Waals surface area contributed by atoms with Gasteiger partial charge in [0.2, 0.25) is 0 Å². The van der Waals surface area contributed by atoms with Crippen LogP contribution in [-0.2, 0) is 9.59 Å². The number of aryl methyl sites for hydroxylation is 3. The van der Waals surface area contributed by atoms with Crippen LogP contribution < -0.4 is 10.7 Å². The van der Waals surface area contributed by atoms with E-state index in [0.717, 1.165) is 28.2 Å². The molecule has 1 aromatic heterocycles. The maximum Gasteiger partial charge on any atom is 0.329 e. The number of nitrogens with one attached hydrogen (secondary N) is 2. The molecule has 0 spiro atoms. The highest BCUT2D eigenvalue weighted by atomic mass is 16.2. The van der Waals surface area contributed by atoms with Gasteiger partial charge in [0.15, 0.2) is 0 Å². The summed E-state index contributed by atoms with van der Waals surface area (Å²) in [4.78, 5) is 24.3. The Morgan fingerprint density at radius 3 is 2.23 bits per heavy atom. The molecule has 0 aliphatic heterocycles. The first-order valence-corrected chi connectivity index (χ1v) is 10.2. The topological polar surface area (TPSA) is 75.5 Å². The third-order valence-electron chi connectivity index (χ3n) is 5.16. The monoisotopic (exact) mass is 416 g/mol. The minimum absolute atomic E-state index is 0.278. The molecule has 3 aromatic rings. The molecule has 0 unspecified atom stereocenters. The van der Waals surface area contributed by atoms with Gasteiger partial charge in [-0.2, -0.15) is 5.10 Å². The van der Waals surface area contributed by atoms with E-state index in [2.05, 4.69) is 52.5 Å². The lowest BCUT2D eigenvalue weighted by molar-refractivity contribution is -0.139. The van der Waals surface area contributed by atoms with Gasteiger partial charge in [-0.25, -0.2) is 5.43 Å². The molecule has 2 N–H and O–H groups in total. The lowest BCUT2D eigenvalue weighted by Gasteiger charge is -2.13. The van der Waals surface area contributed by atoms with Crippen molar-refractivity contribution in [3.05, 3.63) is 88.2 Å². The van der Waals surface area contributed by atoms with Gasteiger partial charge in [-0.15, -0.1) is 0 Å². The number of hydrogen-bond acceptors (Lipinski definition) is 3. The second kappa shape index (κ2) is 9.43. The quantitative estimate of drug-likeness (QED) is 0.374. The van der Waals surface area contributed by atoms with Crippen molar-refractivity contribution in [1.29, 1.82) is 0 Å². The molecule has 6 heteroatoms. The third-order valence-corrected chi connectivity index (χ3v) is 5.16. The molecule has 0 saturated carbocycles. The van der Waals surface area contributed by atoms with E-state index >= 15 is 0 Å². The number of benzene rings is 2. The smallest absolute Gasteiger partial charge is 0.329 e. The number of carbonyl (C=O) groups excluding carboxylic acids is 2. The van der Waals surface area contributed by atoms with Crippen molar-refractivity contribution in [2.75, 3.05) is 0 Å². The first-order valence-electron chi connectivity index (χ1n) is 10.2. The van der Waals surface area contributed by atoms with E-state index in [-0.39, 0.29) is 6.04 Å². The average molecular weight is 417 g/mol. The van der Waals surface area contributed by atoms with Gasteiger partial charge in [0, 0.05) is 22.6 Å². The minimum atomic E-state index is -0.804. The molecule has 0 aliphatic rings. The van der Waals surface area contributed by atoms with E-state index in [4.69, 9.17) is 0 Å². The molecule has 1 atom stereocenters. The van der Waals surface area contributed by atoms with Gasteiger partial charge in [-0.3, -0.25) is 9.59 Å². The van der Waals surface area contributed by atoms with Crippen LogP contribution in [0.2, 0.25) is 0 Å². The fourth-order valence-electron chi connectivity index (χ4n) is 3.69. The van der Waals surface area contributed by atoms with Gasteiger partial charge in [0.25, 0.3) is 0 Å². The molecule has 0 fully saturated rings. The maximum atomic E-state index is 12.1. The van der Waals surface area contributed by atoms with Crippen molar-refractivity contribution in [1.82, 2.24) is 15.3 Å². The van der Waals surface area contributed by atoms with Crippen molar-refractivity contribution in [2.45, 2.75) is 40.7 Å². The number of rotatable bonds is 5. The van der Waals surface area contributed by atoms with Crippen LogP contribution in [0.3, 0.4) is 0 Å². The number of carbonyl (C=O) groups is 2. The minimum Gasteiger partial charge on any atom is -0.341 e. The number of nitrogens with zero attached hydrogens (tertiary/aromatic N) is 2. The van der Waals surface area contributed by atoms with Crippen molar-refractivity contribution >= 4 is 18.0 Å². The van der Waals surface area contributed by atoms with Gasteiger partial charge in [0.1, 0.15) is 0 Å². The lowest BCUT2D eigenvalue weighted by Crippen LogP contribution is -2.39. The highest BCUT2D eigenvalue weighted by Crippen LogP contribution is 2.21. The van der Waals surface area contributed by atoms with Crippen molar-refractivity contribution in [3.8, 4) is 5.69 Å². The van der Waals surface area contributed by atoms with Gasteiger partial charge in [0.05, 0.1) is 12.3 Å². The number of hydrogen-bond donors (Lipinski definition) is 2. The Morgan fingerprint density at radius 2 is 1.58 bits per heavy atom. The molecule has 0 aliphatic carbocycles. The summed E-state index contributed by atoms with van der Waals surface area (Å²) in [5, 5.41) is 6.66. The fourth-order valence-corrected chi connectivity index (χ4v) is 3.69. The van der Waals surface area contributed by atoms with Crippen LogP contribution in [0.1, 0.15) is 46.6 Å². The number of amides is 2. The lowest BCUT2D eigenvalue weighted by atomic mass is 10.1. The van der Waals surface area contributed by atoms with Crippen molar-refractivity contribution in [3.63, 3.8) is 0 Å². The SMILES string of the molecule is Cc1cc(C)cc(-n2c(C)cc(/C=N\NC(=O)C(=O)N[C@@H](C)c3ccccc3)c2C)c1. The molecule has 31 heavy (non-hydrogen) atoms. The van der Waals surface area contributed by atoms with Crippen LogP contribution in [0.15, 0.2) is 59.7 Å². The summed E-state index contributed by atoms with van der Waals surface area (Å²) in [7, 11) is 0. The molecular weight excluding hydrogens is 388 g/mol. The molecule has 0 saturated heterocycles. The van der Waals surface area contributed by atoms with Gasteiger partial charge in [-0.1, -0.05) is 36.4 Å². The van der Waals surface area contributed by atoms with E-state index in [9.17, 15) is 9.59 Å². The predicted molar refractivity (Wildman–Crippen MR) is 123 cm³/mol. The average Bonchev–Trinajstić information content (AvgIpc) is 3.00. The Balaban J connectivity index is 1.67. The predicted octanol–water partition coefficient (Wildman–Crippen LogP) is 4.04. The summed E-state index contributed by atoms with van der Waals surface area (Å²) in [6.45, 7) is 10.0. The highest BCUT2D eigenvalue weighted by molar-refractivity contribution is 6.35. The second-order valence-corrected chi connectivity index (χ2v) is 7.81. The summed E-state index contributed by atoms with van der Waals surface area (Å²) in [6.07, 6.45) is 1.56.